The third kappa shape index (κ3) is 3.04. The molecule has 4 heteroatoms. The molecule has 90 valence electrons. The van der Waals surface area contributed by atoms with Gasteiger partial charge < -0.3 is 9.73 Å². The van der Waals surface area contributed by atoms with E-state index in [2.05, 4.69) is 36.3 Å². The van der Waals surface area contributed by atoms with Gasteiger partial charge in [0.2, 0.25) is 11.8 Å². The Balaban J connectivity index is 1.82. The Morgan fingerprint density at radius 1 is 1.31 bits per heavy atom. The van der Waals surface area contributed by atoms with Crippen LogP contribution >= 0.6 is 0 Å². The standard InChI is InChI=1S/C12H21N3O/c1-8(2)13-7-6-11-14-15-12(16-11)9(3)10-4-5-10/h8-10,13H,4-7H2,1-3H3. The second-order valence-electron chi connectivity index (χ2n) is 5.02. The molecule has 1 fully saturated rings. The third-order valence-electron chi connectivity index (χ3n) is 3.09. The molecule has 0 aromatic carbocycles. The van der Waals surface area contributed by atoms with Gasteiger partial charge in [0, 0.05) is 24.9 Å². The summed E-state index contributed by atoms with van der Waals surface area (Å²) in [4.78, 5) is 0. The van der Waals surface area contributed by atoms with Crippen molar-refractivity contribution in [1.29, 1.82) is 0 Å². The molecule has 0 radical (unpaired) electrons. The highest BCUT2D eigenvalue weighted by Gasteiger charge is 2.32. The zero-order chi connectivity index (χ0) is 11.5. The molecule has 1 aromatic heterocycles. The zero-order valence-electron chi connectivity index (χ0n) is 10.4. The molecular weight excluding hydrogens is 202 g/mol. The lowest BCUT2D eigenvalue weighted by atomic mass is 10.1. The van der Waals surface area contributed by atoms with Gasteiger partial charge in [-0.15, -0.1) is 10.2 Å². The average Bonchev–Trinajstić information content (AvgIpc) is 2.97. The average molecular weight is 223 g/mol. The van der Waals surface area contributed by atoms with Crippen LogP contribution in [0.3, 0.4) is 0 Å². The van der Waals surface area contributed by atoms with Crippen molar-refractivity contribution in [3.63, 3.8) is 0 Å². The molecule has 1 atom stereocenters. The highest BCUT2D eigenvalue weighted by atomic mass is 16.4. The summed E-state index contributed by atoms with van der Waals surface area (Å²) in [5.41, 5.74) is 0. The normalized spacial score (nSPS) is 18.0. The molecule has 1 aliphatic rings. The summed E-state index contributed by atoms with van der Waals surface area (Å²) >= 11 is 0. The minimum Gasteiger partial charge on any atom is -0.425 e. The van der Waals surface area contributed by atoms with Crippen LogP contribution in [0.5, 0.6) is 0 Å². The first kappa shape index (κ1) is 11.6. The summed E-state index contributed by atoms with van der Waals surface area (Å²) < 4.78 is 5.67. The fraction of sp³-hybridized carbons (Fsp3) is 0.833. The molecule has 1 aromatic rings. The number of nitrogens with one attached hydrogen (secondary N) is 1. The van der Waals surface area contributed by atoms with Crippen molar-refractivity contribution < 1.29 is 4.42 Å². The number of nitrogens with zero attached hydrogens (tertiary/aromatic N) is 2. The van der Waals surface area contributed by atoms with Crippen LogP contribution in [-0.2, 0) is 6.42 Å². The Hall–Kier alpha value is -0.900. The Morgan fingerprint density at radius 2 is 2.06 bits per heavy atom. The van der Waals surface area contributed by atoms with Gasteiger partial charge in [0.05, 0.1) is 0 Å². The summed E-state index contributed by atoms with van der Waals surface area (Å²) in [7, 11) is 0. The van der Waals surface area contributed by atoms with Gasteiger partial charge >= 0.3 is 0 Å². The third-order valence-corrected chi connectivity index (χ3v) is 3.09. The number of hydrogen-bond acceptors (Lipinski definition) is 4. The van der Waals surface area contributed by atoms with Gasteiger partial charge in [0.15, 0.2) is 0 Å². The molecule has 1 unspecified atom stereocenters. The van der Waals surface area contributed by atoms with Crippen molar-refractivity contribution in [2.24, 2.45) is 5.92 Å². The maximum atomic E-state index is 5.67. The van der Waals surface area contributed by atoms with Gasteiger partial charge in [-0.1, -0.05) is 20.8 Å². The minimum absolute atomic E-state index is 0.444. The van der Waals surface area contributed by atoms with E-state index in [1.165, 1.54) is 12.8 Å². The van der Waals surface area contributed by atoms with Gasteiger partial charge in [0.1, 0.15) is 0 Å². The summed E-state index contributed by atoms with van der Waals surface area (Å²) in [6.45, 7) is 7.35. The Kier molecular flexibility index (Phi) is 3.59. The largest absolute Gasteiger partial charge is 0.425 e. The molecular formula is C12H21N3O. The van der Waals surface area contributed by atoms with Crippen molar-refractivity contribution in [3.8, 4) is 0 Å². The van der Waals surface area contributed by atoms with E-state index in [1.54, 1.807) is 0 Å². The van der Waals surface area contributed by atoms with Crippen LogP contribution < -0.4 is 5.32 Å². The van der Waals surface area contributed by atoms with Crippen LogP contribution in [0.15, 0.2) is 4.42 Å². The van der Waals surface area contributed by atoms with E-state index in [0.29, 0.717) is 12.0 Å². The van der Waals surface area contributed by atoms with Gasteiger partial charge in [-0.05, 0) is 18.8 Å². The summed E-state index contributed by atoms with van der Waals surface area (Å²) in [5, 5.41) is 11.6. The molecule has 0 aliphatic heterocycles. The van der Waals surface area contributed by atoms with E-state index in [0.717, 1.165) is 30.7 Å². The maximum Gasteiger partial charge on any atom is 0.219 e. The number of hydrogen-bond donors (Lipinski definition) is 1. The summed E-state index contributed by atoms with van der Waals surface area (Å²) in [6, 6.07) is 0.507. The van der Waals surface area contributed by atoms with Crippen LogP contribution in [0.25, 0.3) is 0 Å². The number of aromatic nitrogens is 2. The second kappa shape index (κ2) is 4.95. The molecule has 1 aliphatic carbocycles. The highest BCUT2D eigenvalue weighted by Crippen LogP contribution is 2.41. The topological polar surface area (TPSA) is 51.0 Å². The van der Waals surface area contributed by atoms with Gasteiger partial charge in [-0.25, -0.2) is 0 Å². The lowest BCUT2D eigenvalue weighted by Gasteiger charge is -2.05. The predicted octanol–water partition coefficient (Wildman–Crippen LogP) is 2.12. The van der Waals surface area contributed by atoms with Crippen molar-refractivity contribution in [1.82, 2.24) is 15.5 Å². The lowest BCUT2D eigenvalue weighted by Crippen LogP contribution is -2.25. The molecule has 0 spiro atoms. The van der Waals surface area contributed by atoms with Gasteiger partial charge in [-0.3, -0.25) is 0 Å². The van der Waals surface area contributed by atoms with E-state index in [1.807, 2.05) is 0 Å². The highest BCUT2D eigenvalue weighted by molar-refractivity contribution is 4.97. The Morgan fingerprint density at radius 3 is 2.69 bits per heavy atom. The smallest absolute Gasteiger partial charge is 0.219 e. The SMILES string of the molecule is CC(C)NCCc1nnc(C(C)C2CC2)o1. The molecule has 2 rings (SSSR count). The van der Waals surface area contributed by atoms with Crippen LogP contribution in [0.2, 0.25) is 0 Å². The maximum absolute atomic E-state index is 5.67. The van der Waals surface area contributed by atoms with Crippen molar-refractivity contribution in [2.75, 3.05) is 6.54 Å². The quantitative estimate of drug-likeness (QED) is 0.802. The lowest BCUT2D eigenvalue weighted by molar-refractivity contribution is 0.403. The monoisotopic (exact) mass is 223 g/mol. The molecule has 1 N–H and O–H groups in total. The van der Waals surface area contributed by atoms with Crippen molar-refractivity contribution >= 4 is 0 Å². The van der Waals surface area contributed by atoms with E-state index in [9.17, 15) is 0 Å². The molecule has 4 nitrogen and oxygen atoms in total. The molecule has 16 heavy (non-hydrogen) atoms. The van der Waals surface area contributed by atoms with E-state index in [4.69, 9.17) is 4.42 Å². The minimum atomic E-state index is 0.444. The fourth-order valence-corrected chi connectivity index (χ4v) is 1.82. The van der Waals surface area contributed by atoms with Crippen molar-refractivity contribution in [3.05, 3.63) is 11.8 Å². The molecule has 0 saturated heterocycles. The first-order valence-corrected chi connectivity index (χ1v) is 6.22. The molecule has 0 bridgehead atoms. The van der Waals surface area contributed by atoms with E-state index in [-0.39, 0.29) is 0 Å². The zero-order valence-corrected chi connectivity index (χ0v) is 10.4. The summed E-state index contributed by atoms with van der Waals surface area (Å²) in [5.74, 6) is 2.80. The fourth-order valence-electron chi connectivity index (χ4n) is 1.82. The predicted molar refractivity (Wildman–Crippen MR) is 62.3 cm³/mol. The van der Waals surface area contributed by atoms with Crippen LogP contribution in [0.4, 0.5) is 0 Å². The van der Waals surface area contributed by atoms with Crippen molar-refractivity contribution in [2.45, 2.75) is 52.0 Å². The first-order chi connectivity index (χ1) is 7.66. The summed E-state index contributed by atoms with van der Waals surface area (Å²) in [6.07, 6.45) is 3.45. The van der Waals surface area contributed by atoms with E-state index >= 15 is 0 Å². The van der Waals surface area contributed by atoms with Gasteiger partial charge in [0.25, 0.3) is 0 Å². The molecule has 1 heterocycles. The first-order valence-electron chi connectivity index (χ1n) is 6.22. The van der Waals surface area contributed by atoms with Crippen LogP contribution in [0.1, 0.15) is 51.3 Å². The van der Waals surface area contributed by atoms with Gasteiger partial charge in [-0.2, -0.15) is 0 Å². The van der Waals surface area contributed by atoms with E-state index < -0.39 is 0 Å². The van der Waals surface area contributed by atoms with Crippen LogP contribution in [0, 0.1) is 5.92 Å². The Labute approximate surface area is 96.8 Å². The second-order valence-corrected chi connectivity index (χ2v) is 5.02. The Bertz CT molecular complexity index is 331. The van der Waals surface area contributed by atoms with Crippen LogP contribution in [-0.4, -0.2) is 22.8 Å². The molecule has 1 saturated carbocycles. The number of rotatable bonds is 6. The molecule has 0 amide bonds.